The molecule has 118 valence electrons. The average Bonchev–Trinajstić information content (AvgIpc) is 2.73. The van der Waals surface area contributed by atoms with Gasteiger partial charge in [0.05, 0.1) is 5.52 Å². The predicted molar refractivity (Wildman–Crippen MR) is 79.9 cm³/mol. The second kappa shape index (κ2) is 4.65. The number of nitrogens with zero attached hydrogens (tertiary/aromatic N) is 1. The Morgan fingerprint density at radius 1 is 1.23 bits per heavy atom. The van der Waals surface area contributed by atoms with E-state index in [4.69, 9.17) is 0 Å². The van der Waals surface area contributed by atoms with Crippen molar-refractivity contribution in [3.63, 3.8) is 0 Å². The zero-order valence-corrected chi connectivity index (χ0v) is 12.1. The summed E-state index contributed by atoms with van der Waals surface area (Å²) in [5.74, 6) is 0. The Kier molecular flexibility index (Phi) is 2.95. The molecule has 1 aromatic heterocycles. The lowest BCUT2D eigenvalue weighted by Gasteiger charge is -2.54. The van der Waals surface area contributed by atoms with Crippen LogP contribution in [0.4, 0.5) is 18.9 Å². The summed E-state index contributed by atoms with van der Waals surface area (Å²) in [6, 6.07) is 7.70. The largest absolute Gasteiger partial charge is 0.406 e. The second-order valence-electron chi connectivity index (χ2n) is 6.65. The normalized spacial score (nSPS) is 20.9. The van der Waals surface area contributed by atoms with E-state index in [2.05, 4.69) is 10.6 Å². The van der Waals surface area contributed by atoms with Crippen LogP contribution in [-0.2, 0) is 6.54 Å². The monoisotopic (exact) mass is 309 g/mol. The van der Waals surface area contributed by atoms with Crippen LogP contribution in [0.5, 0.6) is 0 Å². The molecule has 3 nitrogen and oxygen atoms in total. The molecule has 0 bridgehead atoms. The summed E-state index contributed by atoms with van der Waals surface area (Å²) in [5.41, 5.74) is 2.04. The topological polar surface area (TPSA) is 29.0 Å². The van der Waals surface area contributed by atoms with Crippen molar-refractivity contribution in [1.82, 2.24) is 9.88 Å². The minimum Gasteiger partial charge on any atom is -0.382 e. The van der Waals surface area contributed by atoms with Gasteiger partial charge < -0.3 is 15.2 Å². The number of benzene rings is 1. The molecule has 1 aliphatic carbocycles. The van der Waals surface area contributed by atoms with Gasteiger partial charge in [-0.15, -0.1) is 0 Å². The first-order valence-corrected chi connectivity index (χ1v) is 7.56. The number of aromatic nitrogens is 1. The Bertz CT molecular complexity index is 692. The highest BCUT2D eigenvalue weighted by Gasteiger charge is 2.48. The first-order chi connectivity index (χ1) is 10.4. The van der Waals surface area contributed by atoms with Crippen molar-refractivity contribution in [1.29, 1.82) is 0 Å². The van der Waals surface area contributed by atoms with Crippen LogP contribution >= 0.6 is 0 Å². The molecule has 0 radical (unpaired) electrons. The average molecular weight is 309 g/mol. The number of fused-ring (bicyclic) bond motifs is 1. The summed E-state index contributed by atoms with van der Waals surface area (Å²) in [7, 11) is 0. The molecule has 0 atom stereocenters. The lowest BCUT2D eigenvalue weighted by Crippen LogP contribution is -2.63. The fourth-order valence-corrected chi connectivity index (χ4v) is 3.76. The molecule has 6 heteroatoms. The van der Waals surface area contributed by atoms with Gasteiger partial charge in [0.15, 0.2) is 0 Å². The Hall–Kier alpha value is -1.69. The van der Waals surface area contributed by atoms with Gasteiger partial charge >= 0.3 is 6.18 Å². The number of rotatable bonds is 3. The highest BCUT2D eigenvalue weighted by molar-refractivity contribution is 5.92. The van der Waals surface area contributed by atoms with Gasteiger partial charge in [0.25, 0.3) is 0 Å². The molecule has 2 heterocycles. The SMILES string of the molecule is FC(F)(F)Cn1ccc2c(NC3CC4(CNC4)C3)cccc21. The van der Waals surface area contributed by atoms with Crippen molar-refractivity contribution in [2.45, 2.75) is 31.6 Å². The predicted octanol–water partition coefficient (Wildman–Crippen LogP) is 3.37. The van der Waals surface area contributed by atoms with Gasteiger partial charge in [-0.25, -0.2) is 0 Å². The van der Waals surface area contributed by atoms with Crippen LogP contribution in [0.15, 0.2) is 30.5 Å². The Labute approximate surface area is 126 Å². The molecular formula is C16H18F3N3. The first kappa shape index (κ1) is 13.9. The summed E-state index contributed by atoms with van der Waals surface area (Å²) >= 11 is 0. The van der Waals surface area contributed by atoms with E-state index >= 15 is 0 Å². The van der Waals surface area contributed by atoms with E-state index in [-0.39, 0.29) is 0 Å². The van der Waals surface area contributed by atoms with Crippen LogP contribution in [0.3, 0.4) is 0 Å². The quantitative estimate of drug-likeness (QED) is 0.910. The molecule has 1 spiro atoms. The highest BCUT2D eigenvalue weighted by atomic mass is 19.4. The molecule has 1 saturated heterocycles. The zero-order valence-electron chi connectivity index (χ0n) is 12.1. The molecule has 1 saturated carbocycles. The van der Waals surface area contributed by atoms with Crippen LogP contribution in [0, 0.1) is 5.41 Å². The van der Waals surface area contributed by atoms with E-state index in [9.17, 15) is 13.2 Å². The van der Waals surface area contributed by atoms with Gasteiger partial charge in [0, 0.05) is 36.4 Å². The third-order valence-electron chi connectivity index (χ3n) is 4.88. The van der Waals surface area contributed by atoms with Crippen molar-refractivity contribution >= 4 is 16.6 Å². The molecule has 1 aromatic carbocycles. The van der Waals surface area contributed by atoms with E-state index in [0.717, 1.165) is 37.0 Å². The van der Waals surface area contributed by atoms with Crippen LogP contribution < -0.4 is 10.6 Å². The number of anilines is 1. The maximum Gasteiger partial charge on any atom is 0.406 e. The van der Waals surface area contributed by atoms with Crippen LogP contribution in [0.1, 0.15) is 12.8 Å². The highest BCUT2D eigenvalue weighted by Crippen LogP contribution is 2.45. The number of nitrogens with one attached hydrogen (secondary N) is 2. The standard InChI is InChI=1S/C16H18F3N3/c17-16(18,19)10-22-5-4-12-13(2-1-3-14(12)22)21-11-6-15(7-11)8-20-9-15/h1-5,11,20-21H,6-10H2. The van der Waals surface area contributed by atoms with Gasteiger partial charge in [-0.05, 0) is 36.5 Å². The Morgan fingerprint density at radius 2 is 2.00 bits per heavy atom. The number of halogens is 3. The molecule has 4 rings (SSSR count). The molecular weight excluding hydrogens is 291 g/mol. The summed E-state index contributed by atoms with van der Waals surface area (Å²) in [6.45, 7) is 1.24. The van der Waals surface area contributed by atoms with Crippen molar-refractivity contribution in [3.05, 3.63) is 30.5 Å². The number of alkyl halides is 3. The van der Waals surface area contributed by atoms with Crippen molar-refractivity contribution < 1.29 is 13.2 Å². The molecule has 22 heavy (non-hydrogen) atoms. The molecule has 0 amide bonds. The lowest BCUT2D eigenvalue weighted by atomic mass is 9.61. The molecule has 1 aliphatic heterocycles. The van der Waals surface area contributed by atoms with E-state index < -0.39 is 12.7 Å². The second-order valence-corrected chi connectivity index (χ2v) is 6.65. The van der Waals surface area contributed by atoms with Gasteiger partial charge in [-0.2, -0.15) is 13.2 Å². The molecule has 2 aromatic rings. The van der Waals surface area contributed by atoms with Crippen molar-refractivity contribution in [3.8, 4) is 0 Å². The molecule has 2 aliphatic rings. The van der Waals surface area contributed by atoms with E-state index in [1.807, 2.05) is 12.1 Å². The van der Waals surface area contributed by atoms with Gasteiger partial charge in [-0.3, -0.25) is 0 Å². The molecule has 2 N–H and O–H groups in total. The maximum atomic E-state index is 12.6. The van der Waals surface area contributed by atoms with Crippen molar-refractivity contribution in [2.24, 2.45) is 5.41 Å². The number of hydrogen-bond acceptors (Lipinski definition) is 2. The van der Waals surface area contributed by atoms with Crippen LogP contribution in [0.25, 0.3) is 10.9 Å². The van der Waals surface area contributed by atoms with E-state index in [1.165, 1.54) is 10.8 Å². The summed E-state index contributed by atoms with van der Waals surface area (Å²) in [6.07, 6.45) is -0.409. The Morgan fingerprint density at radius 3 is 2.64 bits per heavy atom. The van der Waals surface area contributed by atoms with Crippen LogP contribution in [0.2, 0.25) is 0 Å². The summed E-state index contributed by atoms with van der Waals surface area (Å²) in [5, 5.41) is 7.66. The van der Waals surface area contributed by atoms with Gasteiger partial charge in [0.1, 0.15) is 6.54 Å². The van der Waals surface area contributed by atoms with Crippen LogP contribution in [-0.4, -0.2) is 29.9 Å². The fraction of sp³-hybridized carbons (Fsp3) is 0.500. The molecule has 2 fully saturated rings. The Balaban J connectivity index is 1.54. The number of hydrogen-bond donors (Lipinski definition) is 2. The van der Waals surface area contributed by atoms with E-state index in [0.29, 0.717) is 17.0 Å². The fourth-order valence-electron chi connectivity index (χ4n) is 3.76. The molecule has 0 unspecified atom stereocenters. The zero-order chi connectivity index (χ0) is 15.4. The first-order valence-electron chi connectivity index (χ1n) is 7.56. The van der Waals surface area contributed by atoms with E-state index in [1.54, 1.807) is 12.1 Å². The van der Waals surface area contributed by atoms with Gasteiger partial charge in [0.2, 0.25) is 0 Å². The van der Waals surface area contributed by atoms with Gasteiger partial charge in [-0.1, -0.05) is 6.07 Å². The summed E-state index contributed by atoms with van der Waals surface area (Å²) < 4.78 is 39.1. The smallest absolute Gasteiger partial charge is 0.382 e. The minimum atomic E-state index is -4.20. The summed E-state index contributed by atoms with van der Waals surface area (Å²) in [4.78, 5) is 0. The third kappa shape index (κ3) is 2.35. The minimum absolute atomic E-state index is 0.429. The maximum absolute atomic E-state index is 12.6. The third-order valence-corrected chi connectivity index (χ3v) is 4.88. The lowest BCUT2D eigenvalue weighted by molar-refractivity contribution is -0.139. The van der Waals surface area contributed by atoms with Crippen molar-refractivity contribution in [2.75, 3.05) is 18.4 Å².